The minimum atomic E-state index is -1.77. The van der Waals surface area contributed by atoms with Crippen molar-refractivity contribution in [2.24, 2.45) is 0 Å². The number of halogens is 1. The molecule has 0 fully saturated rings. The lowest BCUT2D eigenvalue weighted by Crippen LogP contribution is -2.37. The summed E-state index contributed by atoms with van der Waals surface area (Å²) in [4.78, 5) is 10.8. The highest BCUT2D eigenvalue weighted by molar-refractivity contribution is 9.11. The average Bonchev–Trinajstić information content (AvgIpc) is 1.95. The normalized spacial score (nSPS) is 29.2. The third-order valence-corrected chi connectivity index (χ3v) is 1.78. The lowest BCUT2D eigenvalue weighted by molar-refractivity contribution is -0.166. The van der Waals surface area contributed by atoms with Gasteiger partial charge in [-0.2, -0.15) is 0 Å². The Morgan fingerprint density at radius 3 is 2.82 bits per heavy atom. The maximum Gasteiger partial charge on any atom is 0.287 e. The molecule has 0 radical (unpaired) electrons. The monoisotopic (exact) mass is 218 g/mol. The number of rotatable bonds is 1. The van der Waals surface area contributed by atoms with Crippen LogP contribution in [0.5, 0.6) is 0 Å². The van der Waals surface area contributed by atoms with Crippen LogP contribution in [-0.2, 0) is 9.53 Å². The summed E-state index contributed by atoms with van der Waals surface area (Å²) in [5, 5.41) is 9.34. The summed E-state index contributed by atoms with van der Waals surface area (Å²) in [6.45, 7) is 1.26. The number of hydrogen-bond donors (Lipinski definition) is 1. The van der Waals surface area contributed by atoms with E-state index in [-0.39, 0.29) is 0 Å². The van der Waals surface area contributed by atoms with Crippen LogP contribution >= 0.6 is 15.9 Å². The molecule has 0 saturated carbocycles. The number of carbonyl (C=O) groups is 1. The summed E-state index contributed by atoms with van der Waals surface area (Å²) in [5.41, 5.74) is 0. The highest BCUT2D eigenvalue weighted by Gasteiger charge is 2.32. The fourth-order valence-electron chi connectivity index (χ4n) is 0.618. The molecule has 1 N–H and O–H groups in total. The zero-order valence-corrected chi connectivity index (χ0v) is 7.46. The number of aliphatic hydroxyl groups is 1. The smallest absolute Gasteiger partial charge is 0.287 e. The molecule has 60 valence electrons. The van der Waals surface area contributed by atoms with E-state index in [9.17, 15) is 9.90 Å². The van der Waals surface area contributed by atoms with Crippen molar-refractivity contribution in [1.82, 2.24) is 0 Å². The number of ether oxygens (including phenoxy) is 1. The molecule has 0 aromatic carbocycles. The summed E-state index contributed by atoms with van der Waals surface area (Å²) in [6.07, 6.45) is 4.13. The van der Waals surface area contributed by atoms with E-state index in [1.165, 1.54) is 19.3 Å². The van der Waals surface area contributed by atoms with Crippen molar-refractivity contribution < 1.29 is 14.6 Å². The Morgan fingerprint density at radius 1 is 1.82 bits per heavy atom. The van der Waals surface area contributed by atoms with E-state index in [2.05, 4.69) is 15.9 Å². The van der Waals surface area contributed by atoms with Gasteiger partial charge in [0.05, 0.1) is 4.48 Å². The third kappa shape index (κ3) is 1.70. The first kappa shape index (κ1) is 8.49. The standard InChI is InChI=1S/C7H7BrO3/c1-5(9)7(10)3-2-6(8)4-11-7/h2-4,10H,1H3. The first-order chi connectivity index (χ1) is 5.04. The van der Waals surface area contributed by atoms with E-state index in [4.69, 9.17) is 4.74 Å². The van der Waals surface area contributed by atoms with Crippen molar-refractivity contribution in [3.63, 3.8) is 0 Å². The predicted octanol–water partition coefficient (Wildman–Crippen LogP) is 1.09. The van der Waals surface area contributed by atoms with Crippen LogP contribution in [0.1, 0.15) is 6.92 Å². The summed E-state index contributed by atoms with van der Waals surface area (Å²) < 4.78 is 5.43. The van der Waals surface area contributed by atoms with E-state index in [0.29, 0.717) is 4.48 Å². The molecule has 0 bridgehead atoms. The summed E-state index contributed by atoms with van der Waals surface area (Å²) in [5.74, 6) is -2.21. The number of Topliss-reactive ketones (excluding diaryl/α,β-unsaturated/α-hetero) is 1. The van der Waals surface area contributed by atoms with Crippen LogP contribution < -0.4 is 0 Å². The lowest BCUT2D eigenvalue weighted by atomic mass is 10.1. The maximum absolute atomic E-state index is 10.8. The van der Waals surface area contributed by atoms with Gasteiger partial charge in [0.1, 0.15) is 6.26 Å². The quantitative estimate of drug-likeness (QED) is 0.717. The first-order valence-corrected chi connectivity index (χ1v) is 3.80. The number of allylic oxidation sites excluding steroid dienone is 2. The molecule has 1 rings (SSSR count). The van der Waals surface area contributed by atoms with E-state index >= 15 is 0 Å². The molecular weight excluding hydrogens is 212 g/mol. The summed E-state index contributed by atoms with van der Waals surface area (Å²) in [6, 6.07) is 0. The van der Waals surface area contributed by atoms with Crippen LogP contribution in [0.15, 0.2) is 22.9 Å². The molecule has 1 atom stereocenters. The predicted molar refractivity (Wildman–Crippen MR) is 42.9 cm³/mol. The number of ketones is 1. The Labute approximate surface area is 72.5 Å². The van der Waals surface area contributed by atoms with Gasteiger partial charge in [-0.1, -0.05) is 0 Å². The molecule has 1 aliphatic rings. The second-order valence-electron chi connectivity index (χ2n) is 2.21. The van der Waals surface area contributed by atoms with Gasteiger partial charge in [-0.15, -0.1) is 0 Å². The van der Waals surface area contributed by atoms with E-state index in [1.54, 1.807) is 6.08 Å². The van der Waals surface area contributed by atoms with Crippen LogP contribution in [0.4, 0.5) is 0 Å². The Morgan fingerprint density at radius 2 is 2.45 bits per heavy atom. The van der Waals surface area contributed by atoms with Crippen molar-refractivity contribution in [3.8, 4) is 0 Å². The maximum atomic E-state index is 10.8. The molecule has 1 aliphatic heterocycles. The second kappa shape index (κ2) is 2.79. The Kier molecular flexibility index (Phi) is 2.15. The van der Waals surface area contributed by atoms with Crippen molar-refractivity contribution >= 4 is 21.7 Å². The molecule has 11 heavy (non-hydrogen) atoms. The minimum Gasteiger partial charge on any atom is -0.458 e. The Balaban J connectivity index is 2.82. The fourth-order valence-corrected chi connectivity index (χ4v) is 0.843. The van der Waals surface area contributed by atoms with Gasteiger partial charge in [0.2, 0.25) is 5.78 Å². The van der Waals surface area contributed by atoms with Gasteiger partial charge in [-0.25, -0.2) is 0 Å². The Bertz CT molecular complexity index is 244. The van der Waals surface area contributed by atoms with Crippen LogP contribution in [-0.4, -0.2) is 16.7 Å². The van der Waals surface area contributed by atoms with Crippen LogP contribution in [0.25, 0.3) is 0 Å². The SMILES string of the molecule is CC(=O)C1(O)C=CC(Br)=CO1. The zero-order valence-electron chi connectivity index (χ0n) is 5.87. The van der Waals surface area contributed by atoms with E-state index in [1.807, 2.05) is 0 Å². The van der Waals surface area contributed by atoms with Gasteiger partial charge in [0.25, 0.3) is 5.79 Å². The third-order valence-electron chi connectivity index (χ3n) is 1.32. The van der Waals surface area contributed by atoms with E-state index in [0.717, 1.165) is 0 Å². The van der Waals surface area contributed by atoms with Gasteiger partial charge in [-0.3, -0.25) is 4.79 Å². The molecule has 0 spiro atoms. The van der Waals surface area contributed by atoms with E-state index < -0.39 is 11.6 Å². The highest BCUT2D eigenvalue weighted by atomic mass is 79.9. The van der Waals surface area contributed by atoms with Crippen LogP contribution in [0.2, 0.25) is 0 Å². The number of carbonyl (C=O) groups excluding carboxylic acids is 1. The summed E-state index contributed by atoms with van der Waals surface area (Å²) in [7, 11) is 0. The van der Waals surface area contributed by atoms with Crippen molar-refractivity contribution in [1.29, 1.82) is 0 Å². The molecule has 1 unspecified atom stereocenters. The summed E-state index contributed by atoms with van der Waals surface area (Å²) >= 11 is 3.12. The molecule has 0 amide bonds. The Hall–Kier alpha value is -0.610. The lowest BCUT2D eigenvalue weighted by Gasteiger charge is -2.22. The van der Waals surface area contributed by atoms with Crippen molar-refractivity contribution in [2.45, 2.75) is 12.7 Å². The molecule has 3 nitrogen and oxygen atoms in total. The molecule has 0 aromatic rings. The molecule has 0 aliphatic carbocycles. The largest absolute Gasteiger partial charge is 0.458 e. The first-order valence-electron chi connectivity index (χ1n) is 3.01. The minimum absolute atomic E-state index is 0.440. The van der Waals surface area contributed by atoms with Gasteiger partial charge >= 0.3 is 0 Å². The van der Waals surface area contributed by atoms with Gasteiger partial charge in [-0.05, 0) is 28.1 Å². The molecule has 0 saturated heterocycles. The average molecular weight is 219 g/mol. The molecule has 4 heteroatoms. The second-order valence-corrected chi connectivity index (χ2v) is 3.12. The zero-order chi connectivity index (χ0) is 8.48. The van der Waals surface area contributed by atoms with Crippen LogP contribution in [0, 0.1) is 0 Å². The molecule has 0 aromatic heterocycles. The van der Waals surface area contributed by atoms with Gasteiger partial charge in [0.15, 0.2) is 0 Å². The van der Waals surface area contributed by atoms with Crippen molar-refractivity contribution in [3.05, 3.63) is 22.9 Å². The molecule has 1 heterocycles. The highest BCUT2D eigenvalue weighted by Crippen LogP contribution is 2.21. The van der Waals surface area contributed by atoms with Crippen LogP contribution in [0.3, 0.4) is 0 Å². The fraction of sp³-hybridized carbons (Fsp3) is 0.286. The molecular formula is C7H7BrO3. The topological polar surface area (TPSA) is 46.5 Å². The van der Waals surface area contributed by atoms with Gasteiger partial charge < -0.3 is 9.84 Å². The van der Waals surface area contributed by atoms with Crippen molar-refractivity contribution in [2.75, 3.05) is 0 Å². The van der Waals surface area contributed by atoms with Gasteiger partial charge in [0, 0.05) is 6.92 Å². The number of hydrogen-bond acceptors (Lipinski definition) is 3.